The molecule has 0 aliphatic carbocycles. The number of aromatic carboxylic acids is 1. The van der Waals surface area contributed by atoms with Gasteiger partial charge in [0.25, 0.3) is 17.7 Å². The summed E-state index contributed by atoms with van der Waals surface area (Å²) in [4.78, 5) is 72.4. The molecular weight excluding hydrogens is 1020 g/mol. The number of anilines is 4. The van der Waals surface area contributed by atoms with Gasteiger partial charge in [-0.05, 0) is 99.2 Å². The number of benzene rings is 2. The zero-order chi connectivity index (χ0) is 53.6. The minimum Gasteiger partial charge on any atom is -0.491 e. The predicted octanol–water partition coefficient (Wildman–Crippen LogP) is 6.90. The highest BCUT2D eigenvalue weighted by molar-refractivity contribution is 7.13. The molecule has 6 aromatic rings. The van der Waals surface area contributed by atoms with Gasteiger partial charge in [0.2, 0.25) is 0 Å². The first-order valence-electron chi connectivity index (χ1n) is 26.0. The first kappa shape index (κ1) is 56.1. The number of hydrogen-bond acceptors (Lipinski definition) is 19. The number of carbonyl (C=O) groups is 4. The molecule has 21 nitrogen and oxygen atoms in total. The molecule has 0 spiro atoms. The van der Waals surface area contributed by atoms with Gasteiger partial charge < -0.3 is 56.4 Å². The minimum absolute atomic E-state index is 0.0675. The van der Waals surface area contributed by atoms with Crippen LogP contribution in [0.25, 0.3) is 21.1 Å². The second-order valence-corrected chi connectivity index (χ2v) is 19.9. The number of hydrogen-bond donors (Lipinski definition) is 7. The van der Waals surface area contributed by atoms with Crippen molar-refractivity contribution >= 4 is 69.4 Å². The van der Waals surface area contributed by atoms with Gasteiger partial charge >= 0.3 is 5.97 Å². The summed E-state index contributed by atoms with van der Waals surface area (Å²) in [7, 11) is 0. The summed E-state index contributed by atoms with van der Waals surface area (Å²) in [5, 5.41) is 29.4. The molecule has 0 atom stereocenters. The second kappa shape index (κ2) is 29.4. The van der Waals surface area contributed by atoms with Gasteiger partial charge in [0.05, 0.1) is 56.6 Å². The molecular formula is C54H66N12O9S2. The van der Waals surface area contributed by atoms with E-state index in [4.69, 9.17) is 24.7 Å². The third-order valence-corrected chi connectivity index (χ3v) is 14.4. The molecule has 0 radical (unpaired) electrons. The van der Waals surface area contributed by atoms with Crippen LogP contribution in [0.4, 0.5) is 23.0 Å². The molecule has 2 fully saturated rings. The van der Waals surface area contributed by atoms with Gasteiger partial charge in [0, 0.05) is 105 Å². The topological polar surface area (TPSA) is 270 Å². The van der Waals surface area contributed by atoms with E-state index in [0.717, 1.165) is 152 Å². The van der Waals surface area contributed by atoms with Crippen LogP contribution in [0.5, 0.6) is 11.5 Å². The quantitative estimate of drug-likeness (QED) is 0.0856. The maximum absolute atomic E-state index is 13.1. The van der Waals surface area contributed by atoms with Crippen LogP contribution < -0.4 is 41.8 Å². The van der Waals surface area contributed by atoms with Crippen molar-refractivity contribution in [2.24, 2.45) is 5.73 Å². The Morgan fingerprint density at radius 2 is 1.12 bits per heavy atom. The van der Waals surface area contributed by atoms with Crippen molar-refractivity contribution in [2.75, 3.05) is 126 Å². The smallest absolute Gasteiger partial charge is 0.335 e. The van der Waals surface area contributed by atoms with Crippen molar-refractivity contribution in [3.8, 4) is 32.6 Å². The molecule has 8 bridgehead atoms. The fraction of sp³-hybridized carbons (Fsp3) is 0.407. The number of fused-ring (bicyclic) bond motifs is 12. The lowest BCUT2D eigenvalue weighted by molar-refractivity contribution is 0.0383. The molecule has 8 N–H and O–H groups in total. The van der Waals surface area contributed by atoms with E-state index in [1.54, 1.807) is 47.4 Å². The average Bonchev–Trinajstić information content (AvgIpc) is 4.17. The fourth-order valence-corrected chi connectivity index (χ4v) is 9.96. The largest absolute Gasteiger partial charge is 0.491 e. The van der Waals surface area contributed by atoms with Gasteiger partial charge in [0.1, 0.15) is 44.5 Å². The minimum atomic E-state index is -1.08. The van der Waals surface area contributed by atoms with Gasteiger partial charge in [-0.3, -0.25) is 24.2 Å². The number of carboxylic acids is 1. The van der Waals surface area contributed by atoms with E-state index < -0.39 is 11.9 Å². The van der Waals surface area contributed by atoms with Crippen LogP contribution in [0.15, 0.2) is 83.8 Å². The van der Waals surface area contributed by atoms with E-state index in [1.165, 1.54) is 34.8 Å². The van der Waals surface area contributed by atoms with Crippen molar-refractivity contribution in [1.29, 1.82) is 0 Å². The fourth-order valence-electron chi connectivity index (χ4n) is 8.36. The monoisotopic (exact) mass is 1090 g/mol. The number of amides is 3. The number of thiazole rings is 2. The molecule has 3 amide bonds. The number of nitrogens with zero attached hydrogens (tertiary/aromatic N) is 6. The Kier molecular flexibility index (Phi) is 21.4. The summed E-state index contributed by atoms with van der Waals surface area (Å²) in [6, 6.07) is 17.1. The summed E-state index contributed by atoms with van der Waals surface area (Å²) in [5.41, 5.74) is 8.97. The summed E-state index contributed by atoms with van der Waals surface area (Å²) >= 11 is 2.75. The number of nitrogens with two attached hydrogens (primary N) is 1. The molecule has 8 heterocycles. The van der Waals surface area contributed by atoms with E-state index in [1.807, 2.05) is 24.3 Å². The molecule has 77 heavy (non-hydrogen) atoms. The lowest BCUT2D eigenvalue weighted by atomic mass is 10.1. The van der Waals surface area contributed by atoms with Gasteiger partial charge in [-0.15, -0.1) is 22.7 Å². The Morgan fingerprint density at radius 3 is 1.62 bits per heavy atom. The number of morpholine rings is 2. The number of aromatic nitrogens is 4. The maximum atomic E-state index is 13.1. The van der Waals surface area contributed by atoms with Crippen LogP contribution in [0.1, 0.15) is 80.2 Å². The van der Waals surface area contributed by atoms with Crippen LogP contribution in [-0.2, 0) is 9.47 Å². The maximum Gasteiger partial charge on any atom is 0.335 e. The summed E-state index contributed by atoms with van der Waals surface area (Å²) in [6.45, 7) is 12.7. The molecule has 2 saturated heterocycles. The number of ether oxygens (including phenoxy) is 4. The van der Waals surface area contributed by atoms with Crippen molar-refractivity contribution in [2.45, 2.75) is 38.5 Å². The number of nitrogens with one attached hydrogen (secondary N) is 5. The zero-order valence-corrected chi connectivity index (χ0v) is 44.6. The Bertz CT molecular complexity index is 2890. The SMILES string of the molecule is NCCN1CCOCC1.O=C(NCCN1CCOCC1)c1ccc2c(c1)NC(=O)c1csc(n1)-c1ccnc(c1)NCCCCCO2.O=C(O)c1ccc2c(c1)NC(=O)c1csc(n1)-c1ccnc(c1)NCCCCCO2. The van der Waals surface area contributed by atoms with E-state index in [0.29, 0.717) is 58.9 Å². The predicted molar refractivity (Wildman–Crippen MR) is 298 cm³/mol. The van der Waals surface area contributed by atoms with Crippen LogP contribution in [0.3, 0.4) is 0 Å². The zero-order valence-electron chi connectivity index (χ0n) is 42.9. The Hall–Kier alpha value is -7.12. The van der Waals surface area contributed by atoms with Crippen molar-refractivity contribution < 1.29 is 43.2 Å². The van der Waals surface area contributed by atoms with E-state index in [9.17, 15) is 24.3 Å². The Labute approximate surface area is 455 Å². The van der Waals surface area contributed by atoms with E-state index >= 15 is 0 Å². The first-order valence-corrected chi connectivity index (χ1v) is 27.7. The number of pyridine rings is 2. The lowest BCUT2D eigenvalue weighted by Gasteiger charge is -2.26. The highest BCUT2D eigenvalue weighted by Crippen LogP contribution is 2.31. The summed E-state index contributed by atoms with van der Waals surface area (Å²) in [6.07, 6.45) is 9.02. The third kappa shape index (κ3) is 17.2. The van der Waals surface area contributed by atoms with Gasteiger partial charge in [-0.1, -0.05) is 0 Å². The first-order chi connectivity index (χ1) is 37.7. The normalized spacial score (nSPS) is 16.5. The Morgan fingerprint density at radius 1 is 0.623 bits per heavy atom. The number of rotatable bonds is 7. The molecule has 4 aromatic heterocycles. The van der Waals surface area contributed by atoms with E-state index in [-0.39, 0.29) is 23.1 Å². The number of carbonyl (C=O) groups excluding carboxylic acids is 3. The van der Waals surface area contributed by atoms with Crippen LogP contribution >= 0.6 is 22.7 Å². The molecule has 0 unspecified atom stereocenters. The molecule has 408 valence electrons. The molecule has 0 saturated carbocycles. The van der Waals surface area contributed by atoms with Gasteiger partial charge in [0.15, 0.2) is 0 Å². The Balaban J connectivity index is 0.000000178. The van der Waals surface area contributed by atoms with Crippen LogP contribution in [0.2, 0.25) is 0 Å². The molecule has 4 aliphatic rings. The lowest BCUT2D eigenvalue weighted by Crippen LogP contribution is -2.41. The van der Waals surface area contributed by atoms with Crippen molar-refractivity contribution in [3.05, 3.63) is 106 Å². The van der Waals surface area contributed by atoms with Crippen molar-refractivity contribution in [3.63, 3.8) is 0 Å². The van der Waals surface area contributed by atoms with Gasteiger partial charge in [-0.2, -0.15) is 0 Å². The summed E-state index contributed by atoms with van der Waals surface area (Å²) in [5.74, 6) is 0.443. The molecule has 23 heteroatoms. The second-order valence-electron chi connectivity index (χ2n) is 18.2. The van der Waals surface area contributed by atoms with Crippen LogP contribution in [0, 0.1) is 0 Å². The third-order valence-electron chi connectivity index (χ3n) is 12.6. The summed E-state index contributed by atoms with van der Waals surface area (Å²) < 4.78 is 22.4. The van der Waals surface area contributed by atoms with Gasteiger partial charge in [-0.25, -0.2) is 24.7 Å². The highest BCUT2D eigenvalue weighted by atomic mass is 32.1. The molecule has 10 rings (SSSR count). The highest BCUT2D eigenvalue weighted by Gasteiger charge is 2.20. The average molecular weight is 1090 g/mol. The van der Waals surface area contributed by atoms with E-state index in [2.05, 4.69) is 56.3 Å². The number of carboxylic acid groups (broad SMARTS) is 1. The molecule has 4 aliphatic heterocycles. The molecule has 2 aromatic carbocycles. The van der Waals surface area contributed by atoms with Crippen molar-refractivity contribution in [1.82, 2.24) is 35.1 Å². The van der Waals surface area contributed by atoms with Crippen LogP contribution in [-0.4, -0.2) is 164 Å². The standard InChI is InChI=1S/C27H32N6O4S.C21H20N4O4S.C6H14N2O/c34-25(30-9-10-33-11-14-36-15-12-33)19-4-5-23-21(16-19)31-26(35)22-18-38-27(32-22)20-6-8-29-24(17-20)28-7-2-1-3-13-37-23;26-19-16-12-30-20(25-16)13-6-8-23-18(11-13)22-7-2-1-3-9-29-17-5-4-14(21(27)28)10-15(17)24-19;7-1-2-8-3-5-9-6-4-8/h4-6,8,16-18H,1-3,7,9-15H2,(H,28,29)(H,30,34)(H,31,35);4-6,8,10-12H,1-3,7,9H2,(H,22,23)(H,24,26)(H,27,28);1-7H2.